The Labute approximate surface area is 121 Å². The van der Waals surface area contributed by atoms with Crippen molar-refractivity contribution in [2.75, 3.05) is 26.2 Å². The van der Waals surface area contributed by atoms with Crippen molar-refractivity contribution in [1.29, 1.82) is 0 Å². The van der Waals surface area contributed by atoms with Crippen LogP contribution in [-0.2, 0) is 4.79 Å². The Bertz CT molecular complexity index is 431. The summed E-state index contributed by atoms with van der Waals surface area (Å²) in [6, 6.07) is 9.56. The van der Waals surface area contributed by atoms with Gasteiger partial charge in [-0.25, -0.2) is 0 Å². The van der Waals surface area contributed by atoms with E-state index in [-0.39, 0.29) is 5.91 Å². The van der Waals surface area contributed by atoms with Crippen molar-refractivity contribution in [1.82, 2.24) is 9.80 Å². The van der Waals surface area contributed by atoms with E-state index >= 15 is 0 Å². The number of benzene rings is 1. The molecular formula is C16H25N3O. The van der Waals surface area contributed by atoms with E-state index in [4.69, 9.17) is 5.73 Å². The normalized spacial score (nSPS) is 20.4. The lowest BCUT2D eigenvalue weighted by atomic mass is 10.1. The van der Waals surface area contributed by atoms with Gasteiger partial charge in [-0.1, -0.05) is 44.2 Å². The van der Waals surface area contributed by atoms with Crippen molar-refractivity contribution in [2.45, 2.75) is 32.4 Å². The van der Waals surface area contributed by atoms with Crippen LogP contribution in [0.4, 0.5) is 0 Å². The number of carbonyl (C=O) groups is 1. The van der Waals surface area contributed by atoms with Gasteiger partial charge < -0.3 is 10.6 Å². The second-order valence-electron chi connectivity index (χ2n) is 5.34. The van der Waals surface area contributed by atoms with Gasteiger partial charge in [0.2, 0.25) is 5.91 Å². The summed E-state index contributed by atoms with van der Waals surface area (Å²) in [5.41, 5.74) is 6.99. The van der Waals surface area contributed by atoms with Crippen LogP contribution in [-0.4, -0.2) is 47.9 Å². The Morgan fingerprint density at radius 1 is 1.35 bits per heavy atom. The summed E-state index contributed by atoms with van der Waals surface area (Å²) in [5.74, 6) is 0.0471. The molecule has 2 N–H and O–H groups in total. The number of nitrogens with zero attached hydrogens (tertiary/aromatic N) is 2. The molecule has 1 aliphatic rings. The van der Waals surface area contributed by atoms with Crippen molar-refractivity contribution in [3.8, 4) is 0 Å². The largest absolute Gasteiger partial charge is 0.339 e. The zero-order valence-corrected chi connectivity index (χ0v) is 12.5. The van der Waals surface area contributed by atoms with E-state index in [0.29, 0.717) is 6.04 Å². The molecular weight excluding hydrogens is 250 g/mol. The molecule has 4 nitrogen and oxygen atoms in total. The minimum Gasteiger partial charge on any atom is -0.339 e. The fourth-order valence-electron chi connectivity index (χ4n) is 2.98. The van der Waals surface area contributed by atoms with E-state index in [0.717, 1.165) is 38.2 Å². The first-order valence-electron chi connectivity index (χ1n) is 7.50. The molecule has 1 saturated heterocycles. The van der Waals surface area contributed by atoms with Crippen LogP contribution in [0.2, 0.25) is 0 Å². The molecule has 20 heavy (non-hydrogen) atoms. The molecule has 2 atom stereocenters. The summed E-state index contributed by atoms with van der Waals surface area (Å²) in [7, 11) is 0. The number of carbonyl (C=O) groups excluding carboxylic acids is 1. The Balaban J connectivity index is 1.98. The quantitative estimate of drug-likeness (QED) is 0.888. The molecule has 1 heterocycles. The minimum atomic E-state index is -0.536. The minimum absolute atomic E-state index is 0.0471. The highest BCUT2D eigenvalue weighted by atomic mass is 16.2. The third-order valence-corrected chi connectivity index (χ3v) is 4.23. The van der Waals surface area contributed by atoms with E-state index in [2.05, 4.69) is 18.7 Å². The number of rotatable bonds is 5. The van der Waals surface area contributed by atoms with Gasteiger partial charge in [-0.2, -0.15) is 0 Å². The lowest BCUT2D eigenvalue weighted by Gasteiger charge is -2.27. The topological polar surface area (TPSA) is 49.6 Å². The Hall–Kier alpha value is -1.39. The van der Waals surface area contributed by atoms with E-state index in [9.17, 15) is 4.79 Å². The van der Waals surface area contributed by atoms with Gasteiger partial charge in [0.05, 0.1) is 0 Å². The molecule has 0 aliphatic carbocycles. The number of nitrogens with two attached hydrogens (primary N) is 1. The SMILES string of the molecule is CCN(CC)C1CCN(C(=O)C(N)c2ccccc2)C1. The summed E-state index contributed by atoms with van der Waals surface area (Å²) in [4.78, 5) is 16.8. The average molecular weight is 275 g/mol. The third-order valence-electron chi connectivity index (χ3n) is 4.23. The van der Waals surface area contributed by atoms with Gasteiger partial charge in [0.25, 0.3) is 0 Å². The molecule has 2 rings (SSSR count). The lowest BCUT2D eigenvalue weighted by molar-refractivity contribution is -0.131. The van der Waals surface area contributed by atoms with Gasteiger partial charge in [0.15, 0.2) is 0 Å². The monoisotopic (exact) mass is 275 g/mol. The summed E-state index contributed by atoms with van der Waals surface area (Å²) in [6.07, 6.45) is 1.05. The summed E-state index contributed by atoms with van der Waals surface area (Å²) in [5, 5.41) is 0. The molecule has 1 aliphatic heterocycles. The fourth-order valence-corrected chi connectivity index (χ4v) is 2.98. The van der Waals surface area contributed by atoms with E-state index in [1.807, 2.05) is 35.2 Å². The number of amides is 1. The number of likely N-dealkylation sites (tertiary alicyclic amines) is 1. The van der Waals surface area contributed by atoms with Crippen molar-refractivity contribution in [3.05, 3.63) is 35.9 Å². The molecule has 1 aromatic rings. The average Bonchev–Trinajstić information content (AvgIpc) is 2.97. The number of hydrogen-bond acceptors (Lipinski definition) is 3. The molecule has 4 heteroatoms. The standard InChI is InChI=1S/C16H25N3O/c1-3-18(4-2)14-10-11-19(12-14)16(20)15(17)13-8-6-5-7-9-13/h5-9,14-15H,3-4,10-12,17H2,1-2H3. The van der Waals surface area contributed by atoms with Crippen LogP contribution in [0.1, 0.15) is 31.9 Å². The lowest BCUT2D eigenvalue weighted by Crippen LogP contribution is -2.41. The maximum Gasteiger partial charge on any atom is 0.244 e. The summed E-state index contributed by atoms with van der Waals surface area (Å²) >= 11 is 0. The van der Waals surface area contributed by atoms with Crippen molar-refractivity contribution in [3.63, 3.8) is 0 Å². The molecule has 0 saturated carbocycles. The molecule has 0 bridgehead atoms. The van der Waals surface area contributed by atoms with Crippen LogP contribution in [0, 0.1) is 0 Å². The van der Waals surface area contributed by atoms with Crippen LogP contribution in [0.5, 0.6) is 0 Å². The highest BCUT2D eigenvalue weighted by Gasteiger charge is 2.31. The Kier molecular flexibility index (Phi) is 5.15. The maximum absolute atomic E-state index is 12.5. The zero-order chi connectivity index (χ0) is 14.5. The molecule has 2 unspecified atom stereocenters. The van der Waals surface area contributed by atoms with E-state index in [1.54, 1.807) is 0 Å². The predicted molar refractivity (Wildman–Crippen MR) is 81.3 cm³/mol. The molecule has 1 aromatic carbocycles. The van der Waals surface area contributed by atoms with Crippen molar-refractivity contribution < 1.29 is 4.79 Å². The highest BCUT2D eigenvalue weighted by Crippen LogP contribution is 2.20. The van der Waals surface area contributed by atoms with E-state index in [1.165, 1.54) is 0 Å². The molecule has 1 amide bonds. The van der Waals surface area contributed by atoms with Crippen LogP contribution in [0.25, 0.3) is 0 Å². The molecule has 0 aromatic heterocycles. The maximum atomic E-state index is 12.5. The predicted octanol–water partition coefficient (Wildman–Crippen LogP) is 1.63. The summed E-state index contributed by atoms with van der Waals surface area (Å²) in [6.45, 7) is 8.04. The van der Waals surface area contributed by atoms with Crippen molar-refractivity contribution in [2.24, 2.45) is 5.73 Å². The molecule has 1 fully saturated rings. The van der Waals surface area contributed by atoms with Crippen LogP contribution >= 0.6 is 0 Å². The van der Waals surface area contributed by atoms with Gasteiger partial charge in [0, 0.05) is 19.1 Å². The summed E-state index contributed by atoms with van der Waals surface area (Å²) < 4.78 is 0. The Morgan fingerprint density at radius 3 is 2.60 bits per heavy atom. The van der Waals surface area contributed by atoms with Gasteiger partial charge in [-0.3, -0.25) is 9.69 Å². The first-order valence-corrected chi connectivity index (χ1v) is 7.50. The number of hydrogen-bond donors (Lipinski definition) is 1. The van der Waals surface area contributed by atoms with Crippen LogP contribution in [0.15, 0.2) is 30.3 Å². The van der Waals surface area contributed by atoms with Gasteiger partial charge in [-0.15, -0.1) is 0 Å². The second kappa shape index (κ2) is 6.86. The van der Waals surface area contributed by atoms with E-state index < -0.39 is 6.04 Å². The van der Waals surface area contributed by atoms with Crippen LogP contribution < -0.4 is 5.73 Å². The zero-order valence-electron chi connectivity index (χ0n) is 12.5. The highest BCUT2D eigenvalue weighted by molar-refractivity contribution is 5.83. The molecule has 0 spiro atoms. The smallest absolute Gasteiger partial charge is 0.244 e. The fraction of sp³-hybridized carbons (Fsp3) is 0.562. The second-order valence-corrected chi connectivity index (χ2v) is 5.34. The third kappa shape index (κ3) is 3.19. The first-order chi connectivity index (χ1) is 9.67. The van der Waals surface area contributed by atoms with Gasteiger partial charge in [0.1, 0.15) is 6.04 Å². The molecule has 0 radical (unpaired) electrons. The van der Waals surface area contributed by atoms with Gasteiger partial charge in [-0.05, 0) is 25.1 Å². The van der Waals surface area contributed by atoms with Gasteiger partial charge >= 0.3 is 0 Å². The van der Waals surface area contributed by atoms with Crippen LogP contribution in [0.3, 0.4) is 0 Å². The van der Waals surface area contributed by atoms with Crippen molar-refractivity contribution >= 4 is 5.91 Å². The first kappa shape index (κ1) is 15.0. The number of likely N-dealkylation sites (N-methyl/N-ethyl adjacent to an activating group) is 1. The molecule has 110 valence electrons. The Morgan fingerprint density at radius 2 is 2.00 bits per heavy atom.